The average molecular weight is 411 g/mol. The molecule has 1 aliphatic heterocycles. The van der Waals surface area contributed by atoms with Gasteiger partial charge in [0.15, 0.2) is 5.71 Å². The number of likely N-dealkylation sites (tertiary alicyclic amines) is 1. The van der Waals surface area contributed by atoms with Gasteiger partial charge in [0.1, 0.15) is 18.0 Å². The Kier molecular flexibility index (Phi) is 5.59. The number of H-pyrrole nitrogens is 1. The van der Waals surface area contributed by atoms with Crippen molar-refractivity contribution in [2.75, 3.05) is 13.1 Å². The minimum absolute atomic E-state index is 0.0372. The molecule has 0 aromatic carbocycles. The van der Waals surface area contributed by atoms with Crippen LogP contribution < -0.4 is 0 Å². The van der Waals surface area contributed by atoms with Gasteiger partial charge >= 0.3 is 0 Å². The molecule has 0 saturated carbocycles. The van der Waals surface area contributed by atoms with Crippen molar-refractivity contribution in [3.05, 3.63) is 48.8 Å². The monoisotopic (exact) mass is 411 g/mol. The third kappa shape index (κ3) is 3.81. The molecule has 1 saturated heterocycles. The predicted molar refractivity (Wildman–Crippen MR) is 116 cm³/mol. The third-order valence-corrected chi connectivity index (χ3v) is 5.74. The maximum atomic E-state index is 9.46. The Bertz CT molecular complexity index is 1230. The van der Waals surface area contributed by atoms with Crippen molar-refractivity contribution in [3.8, 4) is 23.4 Å². The first kappa shape index (κ1) is 20.0. The Morgan fingerprint density at radius 3 is 3.00 bits per heavy atom. The summed E-state index contributed by atoms with van der Waals surface area (Å²) in [6, 6.07) is 8.07. The molecule has 4 heterocycles. The van der Waals surface area contributed by atoms with Crippen molar-refractivity contribution >= 4 is 23.0 Å². The van der Waals surface area contributed by atoms with Gasteiger partial charge in [0.25, 0.3) is 0 Å². The van der Waals surface area contributed by atoms with E-state index in [1.165, 1.54) is 12.4 Å². The Hall–Kier alpha value is -4.24. The van der Waals surface area contributed by atoms with Gasteiger partial charge in [-0.3, -0.25) is 5.41 Å². The van der Waals surface area contributed by atoms with E-state index < -0.39 is 0 Å². The molecule has 3 aromatic rings. The Balaban J connectivity index is 1.60. The quantitative estimate of drug-likeness (QED) is 0.511. The summed E-state index contributed by atoms with van der Waals surface area (Å²) in [5, 5.41) is 34.8. The van der Waals surface area contributed by atoms with Gasteiger partial charge in [0.2, 0.25) is 0 Å². The Labute approximate surface area is 179 Å². The van der Waals surface area contributed by atoms with Gasteiger partial charge in [-0.2, -0.15) is 10.5 Å². The summed E-state index contributed by atoms with van der Waals surface area (Å²) in [6.07, 6.45) is 11.1. The van der Waals surface area contributed by atoms with E-state index in [2.05, 4.69) is 25.6 Å². The number of aromatic nitrogens is 4. The summed E-state index contributed by atoms with van der Waals surface area (Å²) >= 11 is 0. The molecule has 0 bridgehead atoms. The molecule has 1 fully saturated rings. The zero-order valence-corrected chi connectivity index (χ0v) is 16.8. The van der Waals surface area contributed by atoms with E-state index in [1.807, 2.05) is 41.7 Å². The van der Waals surface area contributed by atoms with E-state index in [0.717, 1.165) is 34.9 Å². The maximum absolute atomic E-state index is 9.46. The topological polar surface area (TPSA) is 145 Å². The van der Waals surface area contributed by atoms with E-state index in [0.29, 0.717) is 25.2 Å². The van der Waals surface area contributed by atoms with E-state index >= 15 is 0 Å². The van der Waals surface area contributed by atoms with Crippen LogP contribution in [0.1, 0.15) is 18.9 Å². The molecule has 0 aliphatic carbocycles. The van der Waals surface area contributed by atoms with Crippen LogP contribution in [0.2, 0.25) is 0 Å². The van der Waals surface area contributed by atoms with Crippen molar-refractivity contribution in [2.24, 2.45) is 5.92 Å². The van der Waals surface area contributed by atoms with Gasteiger partial charge in [-0.05, 0) is 30.5 Å². The second-order valence-corrected chi connectivity index (χ2v) is 7.44. The fraction of sp³-hybridized carbons (Fsp3) is 0.273. The number of aromatic amines is 1. The molecule has 2 atom stereocenters. The molecular formula is C22H21N9. The summed E-state index contributed by atoms with van der Waals surface area (Å²) in [5.74, 6) is 0.179. The van der Waals surface area contributed by atoms with Gasteiger partial charge in [-0.25, -0.2) is 9.97 Å². The molecule has 0 amide bonds. The number of hydrogen-bond acceptors (Lipinski definition) is 7. The largest absolute Gasteiger partial charge is 0.369 e. The number of nitriles is 2. The summed E-state index contributed by atoms with van der Waals surface area (Å²) in [6.45, 7) is 1.31. The van der Waals surface area contributed by atoms with Gasteiger partial charge in [-0.1, -0.05) is 0 Å². The standard InChI is InChI=1S/C22H21N9/c23-6-1-19(15-4-9-31(12-15)20(2-7-24)18(26)11-25)30-10-5-16(13-30)21-17-3-8-27-22(17)29-14-28-21/h2-3,5,7-8,10,13-15,19,24,26H,1,4,9,12H2,(H,27,28,29)/b20-2+,24-7?,26-18?. The molecule has 154 valence electrons. The van der Waals surface area contributed by atoms with Gasteiger partial charge < -0.3 is 19.9 Å². The van der Waals surface area contributed by atoms with Crippen LogP contribution in [0.15, 0.2) is 48.8 Å². The van der Waals surface area contributed by atoms with Crippen molar-refractivity contribution in [2.45, 2.75) is 18.9 Å². The molecule has 31 heavy (non-hydrogen) atoms. The fourth-order valence-electron chi connectivity index (χ4n) is 4.27. The second kappa shape index (κ2) is 8.64. The van der Waals surface area contributed by atoms with E-state index in [4.69, 9.17) is 16.1 Å². The summed E-state index contributed by atoms with van der Waals surface area (Å²) in [5.41, 5.74) is 2.89. The predicted octanol–water partition coefficient (Wildman–Crippen LogP) is 3.28. The first-order valence-corrected chi connectivity index (χ1v) is 9.94. The van der Waals surface area contributed by atoms with E-state index in [-0.39, 0.29) is 17.7 Å². The molecule has 0 radical (unpaired) electrons. The number of hydrogen-bond donors (Lipinski definition) is 3. The van der Waals surface area contributed by atoms with Crippen LogP contribution in [0, 0.1) is 39.4 Å². The molecule has 9 nitrogen and oxygen atoms in total. The number of nitrogens with one attached hydrogen (secondary N) is 3. The van der Waals surface area contributed by atoms with E-state index in [9.17, 15) is 5.26 Å². The first-order chi connectivity index (χ1) is 15.2. The minimum atomic E-state index is -0.150. The van der Waals surface area contributed by atoms with Gasteiger partial charge in [-0.15, -0.1) is 0 Å². The molecule has 4 rings (SSSR count). The normalized spacial score (nSPS) is 17.3. The highest BCUT2D eigenvalue weighted by atomic mass is 15.2. The lowest BCUT2D eigenvalue weighted by Crippen LogP contribution is -2.27. The van der Waals surface area contributed by atoms with Crippen molar-refractivity contribution in [1.29, 1.82) is 21.3 Å². The average Bonchev–Trinajstić information content (AvgIpc) is 3.55. The van der Waals surface area contributed by atoms with Crippen LogP contribution >= 0.6 is 0 Å². The maximum Gasteiger partial charge on any atom is 0.155 e. The fourth-order valence-corrected chi connectivity index (χ4v) is 4.27. The number of rotatable bonds is 7. The second-order valence-electron chi connectivity index (χ2n) is 7.44. The van der Waals surface area contributed by atoms with Crippen LogP contribution in [-0.2, 0) is 0 Å². The van der Waals surface area contributed by atoms with Crippen molar-refractivity contribution in [3.63, 3.8) is 0 Å². The molecule has 2 unspecified atom stereocenters. The van der Waals surface area contributed by atoms with Crippen LogP contribution in [0.25, 0.3) is 22.3 Å². The van der Waals surface area contributed by atoms with Crippen LogP contribution in [0.3, 0.4) is 0 Å². The first-order valence-electron chi connectivity index (χ1n) is 9.94. The molecule has 1 aliphatic rings. The van der Waals surface area contributed by atoms with Crippen LogP contribution in [-0.4, -0.2) is 49.4 Å². The SMILES string of the molecule is N#CCC(C1CCN(/C(=C/C=N)C(=N)C#N)C1)n1ccc(-c2ncnc3[nH]ccc23)c1. The zero-order valence-electron chi connectivity index (χ0n) is 16.8. The molecule has 0 spiro atoms. The van der Waals surface area contributed by atoms with Gasteiger partial charge in [0.05, 0.1) is 29.9 Å². The Morgan fingerprint density at radius 1 is 1.35 bits per heavy atom. The smallest absolute Gasteiger partial charge is 0.155 e. The lowest BCUT2D eigenvalue weighted by molar-refractivity contribution is 0.328. The van der Waals surface area contributed by atoms with Crippen molar-refractivity contribution < 1.29 is 0 Å². The van der Waals surface area contributed by atoms with Crippen molar-refractivity contribution in [1.82, 2.24) is 24.4 Å². The van der Waals surface area contributed by atoms with Crippen LogP contribution in [0.4, 0.5) is 0 Å². The third-order valence-electron chi connectivity index (χ3n) is 5.74. The number of allylic oxidation sites excluding steroid dienone is 2. The van der Waals surface area contributed by atoms with E-state index in [1.54, 1.807) is 0 Å². The lowest BCUT2D eigenvalue weighted by atomic mass is 9.96. The summed E-state index contributed by atoms with van der Waals surface area (Å²) in [7, 11) is 0. The molecular weight excluding hydrogens is 390 g/mol. The minimum Gasteiger partial charge on any atom is -0.369 e. The lowest BCUT2D eigenvalue weighted by Gasteiger charge is -2.25. The Morgan fingerprint density at radius 2 is 2.23 bits per heavy atom. The molecule has 3 aromatic heterocycles. The number of nitrogens with zero attached hydrogens (tertiary/aromatic N) is 6. The summed E-state index contributed by atoms with van der Waals surface area (Å²) in [4.78, 5) is 13.7. The zero-order chi connectivity index (χ0) is 21.8. The summed E-state index contributed by atoms with van der Waals surface area (Å²) < 4.78 is 2.07. The highest BCUT2D eigenvalue weighted by Crippen LogP contribution is 2.34. The molecule has 3 N–H and O–H groups in total. The van der Waals surface area contributed by atoms with Crippen LogP contribution in [0.5, 0.6) is 0 Å². The van der Waals surface area contributed by atoms with Gasteiger partial charge in [0, 0.05) is 48.8 Å². The molecule has 9 heteroatoms. The highest BCUT2D eigenvalue weighted by Gasteiger charge is 2.32. The number of fused-ring (bicyclic) bond motifs is 1. The highest BCUT2D eigenvalue weighted by molar-refractivity contribution is 6.10.